The molecule has 12 atom stereocenters. The Kier molecular flexibility index (Phi) is 32.2. The molecule has 0 aromatic heterocycles. The second kappa shape index (κ2) is 35.1. The summed E-state index contributed by atoms with van der Waals surface area (Å²) in [5.74, 6) is 7.04. The molecular weight excluding hydrogens is 1250 g/mol. The fourth-order valence-electron chi connectivity index (χ4n) is 16.2. The van der Waals surface area contributed by atoms with Crippen LogP contribution in [0.2, 0.25) is 35.3 Å². The first kappa shape index (κ1) is 73.5. The molecule has 436 valence electrons. The van der Waals surface area contributed by atoms with Crippen molar-refractivity contribution in [3.8, 4) is 0 Å². The molecule has 8 aliphatic rings. The first-order valence-corrected chi connectivity index (χ1v) is 47.7. The maximum absolute atomic E-state index is 4.93. The van der Waals surface area contributed by atoms with Gasteiger partial charge >= 0.3 is 75.7 Å². The summed E-state index contributed by atoms with van der Waals surface area (Å²) in [6, 6.07) is 23.7. The summed E-state index contributed by atoms with van der Waals surface area (Å²) in [4.78, 5) is 0. The molecule has 0 nitrogen and oxygen atoms in total. The molecule has 4 saturated carbocycles. The van der Waals surface area contributed by atoms with E-state index in [9.17, 15) is 0 Å². The third-order valence-corrected chi connectivity index (χ3v) is 30.9. The molecule has 2 aromatic rings. The summed E-state index contributed by atoms with van der Waals surface area (Å²) < 4.78 is 0. The van der Waals surface area contributed by atoms with Crippen LogP contribution in [0.5, 0.6) is 0 Å². The van der Waals surface area contributed by atoms with Crippen LogP contribution in [0.15, 0.2) is 182 Å². The van der Waals surface area contributed by atoms with Crippen LogP contribution >= 0.6 is 34.1 Å². The second-order valence-electron chi connectivity index (χ2n) is 25.7. The minimum absolute atomic E-state index is 0. The van der Waals surface area contributed by atoms with Gasteiger partial charge in [-0.3, -0.25) is 0 Å². The SMILES string of the molecule is C=CCCC1CCC([Si](C)(C)C2C3C=C(C(C)(C)C)C=CC3C3C=CC(C(C)(C)C)=CC32)C1.C=CCCC1CCC([Si](c2ccccc2)(c2ccccc2)C2C3C=CC=CC3C3C=CC=CC32)C1.[CH2-]C.[CH2-]C.[CH3-].[CH3-].[Cl][Zr+2][Cl].[Cl][Zr+2][Cl]. The number of rotatable bonds is 12. The van der Waals surface area contributed by atoms with E-state index in [1.807, 2.05) is 0 Å². The Labute approximate surface area is 532 Å². The Balaban J connectivity index is 0.000000355. The van der Waals surface area contributed by atoms with E-state index in [4.69, 9.17) is 34.1 Å². The van der Waals surface area contributed by atoms with Crippen molar-refractivity contribution in [3.05, 3.63) is 211 Å². The summed E-state index contributed by atoms with van der Waals surface area (Å²) in [5, 5.41) is 3.33. The number of fused-ring (bicyclic) bond motifs is 6. The standard InChI is InChI=1S/C34H38Si.C32H50Si.2C2H5.2CH3.4ClH.2Zr/c1-2-3-14-26-23-24-29(25-26)35(27-15-6-4-7-16-27,28-17-8-5-9-18-28)34-32-21-12-10-19-30(32)31-20-11-13-22-33(31)34;1-10-11-12-22-13-16-25(19-22)33(8,9)30-28-20-23(31(2,3)4)14-17-26(28)27-18-15-24(21-29(27)30)32(5,6)7;2*1-2;;;;;;;;/h2,4-13,15-22,26,29-34H,1,3,14,23-25H2;10,14-15,17-18,20-22,25-30H,1,11-13,16,19H2,2-9H3;2*1H2,2H3;2*1H3;4*1H;;/q;;4*-1;;;;;2*+4/p-4. The van der Waals surface area contributed by atoms with Gasteiger partial charge in [-0.2, -0.15) is 13.8 Å². The summed E-state index contributed by atoms with van der Waals surface area (Å²) >= 11 is -1.65. The van der Waals surface area contributed by atoms with E-state index in [1.54, 1.807) is 35.4 Å². The molecule has 4 fully saturated rings. The molecule has 0 heterocycles. The first-order valence-electron chi connectivity index (χ1n) is 29.7. The van der Waals surface area contributed by atoms with Gasteiger partial charge in [0.05, 0.1) is 8.07 Å². The number of hydrogen-bond acceptors (Lipinski definition) is 0. The van der Waals surface area contributed by atoms with Crippen LogP contribution < -0.4 is 10.4 Å². The number of hydrogen-bond donors (Lipinski definition) is 0. The zero-order chi connectivity index (χ0) is 57.3. The van der Waals surface area contributed by atoms with Crippen LogP contribution in [-0.4, -0.2) is 16.1 Å². The van der Waals surface area contributed by atoms with Crippen LogP contribution in [0, 0.1) is 98.7 Å². The summed E-state index contributed by atoms with van der Waals surface area (Å²) in [7, 11) is 16.1. The van der Waals surface area contributed by atoms with Crippen molar-refractivity contribution in [1.82, 2.24) is 0 Å². The zero-order valence-corrected chi connectivity index (χ0v) is 61.4. The van der Waals surface area contributed by atoms with Gasteiger partial charge in [0.2, 0.25) is 0 Å². The van der Waals surface area contributed by atoms with E-state index in [1.165, 1.54) is 57.8 Å². The van der Waals surface area contributed by atoms with Crippen molar-refractivity contribution in [2.75, 3.05) is 0 Å². The van der Waals surface area contributed by atoms with Gasteiger partial charge in [-0.25, -0.2) is 0 Å². The molecule has 80 heavy (non-hydrogen) atoms. The van der Waals surface area contributed by atoms with Gasteiger partial charge in [-0.15, -0.1) is 13.2 Å². The summed E-state index contributed by atoms with van der Waals surface area (Å²) in [6.07, 6.45) is 53.1. The van der Waals surface area contributed by atoms with Crippen LogP contribution in [0.4, 0.5) is 0 Å². The molecule has 0 radical (unpaired) electrons. The van der Waals surface area contributed by atoms with Crippen molar-refractivity contribution in [2.24, 2.45) is 70.0 Å². The molecule has 12 unspecified atom stereocenters. The fraction of sp³-hybridized carbons (Fsp3) is 0.500. The molecule has 8 heteroatoms. The van der Waals surface area contributed by atoms with Crippen molar-refractivity contribution >= 4 is 60.6 Å². The third kappa shape index (κ3) is 17.3. The van der Waals surface area contributed by atoms with Gasteiger partial charge in [0, 0.05) is 0 Å². The van der Waals surface area contributed by atoms with Crippen LogP contribution in [0.1, 0.15) is 120 Å². The predicted molar refractivity (Wildman–Crippen MR) is 360 cm³/mol. The Hall–Kier alpha value is -0.800. The predicted octanol–water partition coefficient (Wildman–Crippen LogP) is 22.6. The van der Waals surface area contributed by atoms with Crippen LogP contribution in [-0.2, 0) is 41.7 Å². The van der Waals surface area contributed by atoms with Gasteiger partial charge in [0.1, 0.15) is 8.07 Å². The molecule has 0 N–H and O–H groups in total. The maximum atomic E-state index is 4.93. The average molecular weight is 1350 g/mol. The van der Waals surface area contributed by atoms with E-state index in [0.717, 1.165) is 34.9 Å². The zero-order valence-electron chi connectivity index (χ0n) is 51.5. The molecule has 0 spiro atoms. The minimum atomic E-state index is -2.18. The van der Waals surface area contributed by atoms with Gasteiger partial charge in [0.15, 0.2) is 0 Å². The number of halogens is 4. The van der Waals surface area contributed by atoms with E-state index < -0.39 is 57.8 Å². The van der Waals surface area contributed by atoms with Gasteiger partial charge in [0.25, 0.3) is 0 Å². The van der Waals surface area contributed by atoms with E-state index in [-0.39, 0.29) is 25.7 Å². The molecule has 0 bridgehead atoms. The summed E-state index contributed by atoms with van der Waals surface area (Å²) in [6.45, 7) is 37.9. The molecular formula is C72H104Cl4Si2Zr2. The van der Waals surface area contributed by atoms with Crippen molar-refractivity contribution in [2.45, 2.75) is 155 Å². The second-order valence-corrected chi connectivity index (χ2v) is 42.7. The summed E-state index contributed by atoms with van der Waals surface area (Å²) in [5.41, 5.74) is 6.88. The monoisotopic (exact) mass is 1340 g/mol. The van der Waals surface area contributed by atoms with Crippen LogP contribution in [0.25, 0.3) is 0 Å². The number of benzene rings is 2. The van der Waals surface area contributed by atoms with E-state index in [0.29, 0.717) is 52.9 Å². The first-order chi connectivity index (χ1) is 37.5. The molecule has 8 aliphatic carbocycles. The molecule has 0 saturated heterocycles. The van der Waals surface area contributed by atoms with Gasteiger partial charge < -0.3 is 28.7 Å². The Bertz CT molecular complexity index is 2270. The van der Waals surface area contributed by atoms with E-state index >= 15 is 0 Å². The number of allylic oxidation sites excluding steroid dienone is 18. The Morgan fingerprint density at radius 1 is 0.500 bits per heavy atom. The Morgan fingerprint density at radius 2 is 0.838 bits per heavy atom. The third-order valence-electron chi connectivity index (χ3n) is 19.6. The normalized spacial score (nSPS) is 29.8. The van der Waals surface area contributed by atoms with Crippen LogP contribution in [0.3, 0.4) is 0 Å². The van der Waals surface area contributed by atoms with Gasteiger partial charge in [-0.1, -0.05) is 249 Å². The van der Waals surface area contributed by atoms with Crippen molar-refractivity contribution in [1.29, 1.82) is 0 Å². The van der Waals surface area contributed by atoms with Gasteiger partial charge in [-0.05, 0) is 142 Å². The van der Waals surface area contributed by atoms with Crippen molar-refractivity contribution in [3.63, 3.8) is 0 Å². The molecule has 10 rings (SSSR count). The fourth-order valence-corrected chi connectivity index (χ4v) is 28.5. The van der Waals surface area contributed by atoms with E-state index in [2.05, 4.69) is 240 Å². The average Bonchev–Trinajstić information content (AvgIpc) is 4.28. The topological polar surface area (TPSA) is 0 Å². The van der Waals surface area contributed by atoms with Crippen molar-refractivity contribution < 1.29 is 41.7 Å². The molecule has 0 amide bonds. The molecule has 2 aromatic carbocycles. The molecule has 0 aliphatic heterocycles. The Morgan fingerprint density at radius 3 is 1.20 bits per heavy atom. The quantitative estimate of drug-likeness (QED) is 0.113.